The number of aromatic nitrogens is 2. The number of benzene rings is 2. The highest BCUT2D eigenvalue weighted by atomic mass is 16.5. The van der Waals surface area contributed by atoms with E-state index in [0.29, 0.717) is 17.2 Å². The predicted octanol–water partition coefficient (Wildman–Crippen LogP) is 3.69. The van der Waals surface area contributed by atoms with Gasteiger partial charge in [-0.25, -0.2) is 14.8 Å². The van der Waals surface area contributed by atoms with Gasteiger partial charge in [0.15, 0.2) is 0 Å². The molecular weight excluding hydrogens is 356 g/mol. The Bertz CT molecular complexity index is 959. The second-order valence-electron chi connectivity index (χ2n) is 6.07. The van der Waals surface area contributed by atoms with Crippen LogP contribution in [0.4, 0.5) is 11.6 Å². The molecule has 0 aliphatic rings. The first-order valence-corrected chi connectivity index (χ1v) is 8.71. The number of nitrogens with zero attached hydrogens (tertiary/aromatic N) is 2. The van der Waals surface area contributed by atoms with Crippen LogP contribution in [0.1, 0.15) is 39.4 Å². The molecule has 2 N–H and O–H groups in total. The Balaban J connectivity index is 1.67. The third-order valence-electron chi connectivity index (χ3n) is 4.10. The van der Waals surface area contributed by atoms with Crippen LogP contribution >= 0.6 is 0 Å². The van der Waals surface area contributed by atoms with Gasteiger partial charge in [-0.05, 0) is 42.8 Å². The minimum atomic E-state index is -0.433. The average Bonchev–Trinajstić information content (AvgIpc) is 2.74. The summed E-state index contributed by atoms with van der Waals surface area (Å²) in [6.45, 7) is 1.99. The van der Waals surface area contributed by atoms with Gasteiger partial charge in [0.25, 0.3) is 5.91 Å². The van der Waals surface area contributed by atoms with Crippen LogP contribution in [0, 0.1) is 0 Å². The number of amides is 1. The Morgan fingerprint density at radius 3 is 2.39 bits per heavy atom. The fourth-order valence-electron chi connectivity index (χ4n) is 2.58. The van der Waals surface area contributed by atoms with Gasteiger partial charge in [-0.3, -0.25) is 4.79 Å². The summed E-state index contributed by atoms with van der Waals surface area (Å²) in [7, 11) is 1.32. The molecule has 1 unspecified atom stereocenters. The van der Waals surface area contributed by atoms with Crippen molar-refractivity contribution in [3.8, 4) is 0 Å². The molecule has 3 aromatic rings. The maximum absolute atomic E-state index is 12.5. The highest BCUT2D eigenvalue weighted by molar-refractivity contribution is 6.03. The summed E-state index contributed by atoms with van der Waals surface area (Å²) in [5.74, 6) is -0.439. The van der Waals surface area contributed by atoms with Gasteiger partial charge in [-0.1, -0.05) is 30.3 Å². The van der Waals surface area contributed by atoms with Crippen molar-refractivity contribution in [2.45, 2.75) is 13.0 Å². The van der Waals surface area contributed by atoms with Gasteiger partial charge in [0, 0.05) is 11.9 Å². The molecule has 1 atom stereocenters. The van der Waals surface area contributed by atoms with Gasteiger partial charge in [0.2, 0.25) is 5.95 Å². The minimum absolute atomic E-state index is 0.00891. The number of esters is 1. The standard InChI is InChI=1S/C21H20N4O3/c1-14(15-6-4-3-5-7-15)23-21-22-13-12-18(25-21)19(26)24-17-10-8-16(9-11-17)20(27)28-2/h3-14H,1-2H3,(H,24,26)(H,22,23,25). The molecular formula is C21H20N4O3. The molecule has 0 saturated carbocycles. The lowest BCUT2D eigenvalue weighted by molar-refractivity contribution is 0.0600. The third kappa shape index (κ3) is 4.70. The molecule has 0 spiro atoms. The maximum atomic E-state index is 12.5. The van der Waals surface area contributed by atoms with Crippen LogP contribution in [0.3, 0.4) is 0 Å². The SMILES string of the molecule is COC(=O)c1ccc(NC(=O)c2ccnc(NC(C)c3ccccc3)n2)cc1. The molecule has 0 aliphatic carbocycles. The van der Waals surface area contributed by atoms with Gasteiger partial charge in [-0.15, -0.1) is 0 Å². The monoisotopic (exact) mass is 376 g/mol. The zero-order valence-corrected chi connectivity index (χ0v) is 15.5. The number of nitrogens with one attached hydrogen (secondary N) is 2. The van der Waals surface area contributed by atoms with E-state index < -0.39 is 5.97 Å². The number of anilines is 2. The van der Waals surface area contributed by atoms with Crippen molar-refractivity contribution in [2.75, 3.05) is 17.7 Å². The number of methoxy groups -OCH3 is 1. The molecule has 0 saturated heterocycles. The molecule has 1 amide bonds. The predicted molar refractivity (Wildman–Crippen MR) is 106 cm³/mol. The van der Waals surface area contributed by atoms with Gasteiger partial charge in [-0.2, -0.15) is 0 Å². The van der Waals surface area contributed by atoms with Crippen molar-refractivity contribution in [1.29, 1.82) is 0 Å². The van der Waals surface area contributed by atoms with Gasteiger partial charge >= 0.3 is 5.97 Å². The van der Waals surface area contributed by atoms with Crippen LogP contribution < -0.4 is 10.6 Å². The van der Waals surface area contributed by atoms with Crippen molar-refractivity contribution in [3.05, 3.63) is 83.7 Å². The summed E-state index contributed by atoms with van der Waals surface area (Å²) in [6.07, 6.45) is 1.53. The Morgan fingerprint density at radius 2 is 1.71 bits per heavy atom. The van der Waals surface area contributed by atoms with E-state index in [9.17, 15) is 9.59 Å². The van der Waals surface area contributed by atoms with Gasteiger partial charge in [0.1, 0.15) is 5.69 Å². The number of rotatable bonds is 6. The van der Waals surface area contributed by atoms with E-state index >= 15 is 0 Å². The molecule has 0 bridgehead atoms. The number of hydrogen-bond donors (Lipinski definition) is 2. The van der Waals surface area contributed by atoms with Crippen LogP contribution in [0.5, 0.6) is 0 Å². The van der Waals surface area contributed by atoms with E-state index in [0.717, 1.165) is 5.56 Å². The Morgan fingerprint density at radius 1 is 1.00 bits per heavy atom. The van der Waals surface area contributed by atoms with Crippen LogP contribution in [0.2, 0.25) is 0 Å². The van der Waals surface area contributed by atoms with E-state index in [1.54, 1.807) is 24.3 Å². The zero-order valence-electron chi connectivity index (χ0n) is 15.5. The topological polar surface area (TPSA) is 93.2 Å². The lowest BCUT2D eigenvalue weighted by atomic mass is 10.1. The minimum Gasteiger partial charge on any atom is -0.465 e. The van der Waals surface area contributed by atoms with Crippen molar-refractivity contribution in [1.82, 2.24) is 9.97 Å². The van der Waals surface area contributed by atoms with E-state index in [-0.39, 0.29) is 17.6 Å². The van der Waals surface area contributed by atoms with E-state index in [2.05, 4.69) is 25.3 Å². The number of carbonyl (C=O) groups is 2. The molecule has 0 aliphatic heterocycles. The van der Waals surface area contributed by atoms with Crippen molar-refractivity contribution in [2.24, 2.45) is 0 Å². The largest absolute Gasteiger partial charge is 0.465 e. The summed E-state index contributed by atoms with van der Waals surface area (Å²) in [6, 6.07) is 17.8. The first kappa shape index (κ1) is 19.0. The molecule has 2 aromatic carbocycles. The highest BCUT2D eigenvalue weighted by Crippen LogP contribution is 2.17. The first-order chi connectivity index (χ1) is 13.6. The Hall–Kier alpha value is -3.74. The summed E-state index contributed by atoms with van der Waals surface area (Å²) < 4.78 is 4.65. The smallest absolute Gasteiger partial charge is 0.337 e. The average molecular weight is 376 g/mol. The van der Waals surface area contributed by atoms with E-state index in [1.165, 1.54) is 19.4 Å². The summed E-state index contributed by atoms with van der Waals surface area (Å²) in [5.41, 5.74) is 2.27. The van der Waals surface area contributed by atoms with Crippen LogP contribution in [-0.4, -0.2) is 29.0 Å². The summed E-state index contributed by atoms with van der Waals surface area (Å²) in [5, 5.41) is 5.94. The molecule has 1 aromatic heterocycles. The number of carbonyl (C=O) groups excluding carboxylic acids is 2. The lowest BCUT2D eigenvalue weighted by Gasteiger charge is -2.14. The third-order valence-corrected chi connectivity index (χ3v) is 4.10. The fraction of sp³-hybridized carbons (Fsp3) is 0.143. The van der Waals surface area contributed by atoms with Crippen molar-refractivity contribution in [3.63, 3.8) is 0 Å². The maximum Gasteiger partial charge on any atom is 0.337 e. The second-order valence-corrected chi connectivity index (χ2v) is 6.07. The number of hydrogen-bond acceptors (Lipinski definition) is 6. The van der Waals surface area contributed by atoms with E-state index in [4.69, 9.17) is 0 Å². The molecule has 7 heteroatoms. The second kappa shape index (κ2) is 8.77. The van der Waals surface area contributed by atoms with Crippen molar-refractivity contribution < 1.29 is 14.3 Å². The molecule has 0 radical (unpaired) electrons. The first-order valence-electron chi connectivity index (χ1n) is 8.71. The molecule has 1 heterocycles. The molecule has 0 fully saturated rings. The summed E-state index contributed by atoms with van der Waals surface area (Å²) >= 11 is 0. The molecule has 7 nitrogen and oxygen atoms in total. The van der Waals surface area contributed by atoms with Crippen LogP contribution in [0.25, 0.3) is 0 Å². The summed E-state index contributed by atoms with van der Waals surface area (Å²) in [4.78, 5) is 32.4. The molecule has 3 rings (SSSR count). The Kier molecular flexibility index (Phi) is 5.96. The zero-order chi connectivity index (χ0) is 19.9. The normalized spacial score (nSPS) is 11.4. The lowest BCUT2D eigenvalue weighted by Crippen LogP contribution is -2.16. The molecule has 28 heavy (non-hydrogen) atoms. The van der Waals surface area contributed by atoms with Gasteiger partial charge < -0.3 is 15.4 Å². The number of ether oxygens (including phenoxy) is 1. The fourth-order valence-corrected chi connectivity index (χ4v) is 2.58. The molecule has 142 valence electrons. The quantitative estimate of drug-likeness (QED) is 0.638. The highest BCUT2D eigenvalue weighted by Gasteiger charge is 2.12. The van der Waals surface area contributed by atoms with Crippen molar-refractivity contribution >= 4 is 23.5 Å². The van der Waals surface area contributed by atoms with Gasteiger partial charge in [0.05, 0.1) is 18.7 Å². The van der Waals surface area contributed by atoms with Crippen LogP contribution in [-0.2, 0) is 4.74 Å². The van der Waals surface area contributed by atoms with Crippen LogP contribution in [0.15, 0.2) is 66.9 Å². The van der Waals surface area contributed by atoms with E-state index in [1.807, 2.05) is 37.3 Å². The Labute approximate surface area is 162 Å².